The van der Waals surface area contributed by atoms with Gasteiger partial charge in [-0.3, -0.25) is 0 Å². The van der Waals surface area contributed by atoms with E-state index in [0.717, 1.165) is 11.8 Å². The predicted molar refractivity (Wildman–Crippen MR) is 66.7 cm³/mol. The topological polar surface area (TPSA) is 0 Å². The van der Waals surface area contributed by atoms with Gasteiger partial charge in [-0.1, -0.05) is 50.1 Å². The third kappa shape index (κ3) is 2.42. The molecule has 0 spiro atoms. The van der Waals surface area contributed by atoms with E-state index in [0.29, 0.717) is 0 Å². The number of allylic oxidation sites excluding steroid dienone is 6. The van der Waals surface area contributed by atoms with Crippen molar-refractivity contribution in [3.63, 3.8) is 0 Å². The lowest BCUT2D eigenvalue weighted by atomic mass is 9.90. The first kappa shape index (κ1) is 10.7. The lowest BCUT2D eigenvalue weighted by Gasteiger charge is -2.14. The quantitative estimate of drug-likeness (QED) is 0.625. The minimum absolute atomic E-state index is 0.772. The molecule has 0 amide bonds. The molecule has 0 aromatic heterocycles. The van der Waals surface area contributed by atoms with Gasteiger partial charge in [0, 0.05) is 0 Å². The van der Waals surface area contributed by atoms with Crippen molar-refractivity contribution < 1.29 is 0 Å². The monoisotopic (exact) mass is 202 g/mol. The van der Waals surface area contributed by atoms with Gasteiger partial charge >= 0.3 is 0 Å². The van der Waals surface area contributed by atoms with Gasteiger partial charge in [-0.15, -0.1) is 0 Å². The van der Waals surface area contributed by atoms with Crippen LogP contribution in [0.15, 0.2) is 35.5 Å². The third-order valence-electron chi connectivity index (χ3n) is 3.98. The minimum atomic E-state index is 0.772. The highest BCUT2D eigenvalue weighted by molar-refractivity contribution is 5.33. The van der Waals surface area contributed by atoms with Crippen molar-refractivity contribution in [1.29, 1.82) is 0 Å². The summed E-state index contributed by atoms with van der Waals surface area (Å²) in [5, 5.41) is 0. The zero-order valence-corrected chi connectivity index (χ0v) is 10.00. The lowest BCUT2D eigenvalue weighted by Crippen LogP contribution is -2.04. The second-order valence-corrected chi connectivity index (χ2v) is 4.90. The van der Waals surface area contributed by atoms with E-state index in [4.69, 9.17) is 0 Å². The van der Waals surface area contributed by atoms with Gasteiger partial charge in [-0.25, -0.2) is 0 Å². The Balaban J connectivity index is 1.95. The second-order valence-electron chi connectivity index (χ2n) is 4.90. The van der Waals surface area contributed by atoms with Crippen molar-refractivity contribution >= 4 is 0 Å². The van der Waals surface area contributed by atoms with Crippen LogP contribution >= 0.6 is 0 Å². The molecule has 0 heterocycles. The smallest absolute Gasteiger partial charge is 0.0162 e. The molecule has 0 nitrogen and oxygen atoms in total. The fourth-order valence-electron chi connectivity index (χ4n) is 2.74. The van der Waals surface area contributed by atoms with Crippen LogP contribution in [0.25, 0.3) is 0 Å². The van der Waals surface area contributed by atoms with Gasteiger partial charge in [0.05, 0.1) is 0 Å². The molecular weight excluding hydrogens is 180 g/mol. The molecule has 0 saturated carbocycles. The first-order valence-corrected chi connectivity index (χ1v) is 6.38. The Kier molecular flexibility index (Phi) is 3.45. The van der Waals surface area contributed by atoms with Gasteiger partial charge in [0.1, 0.15) is 0 Å². The summed E-state index contributed by atoms with van der Waals surface area (Å²) in [5.41, 5.74) is 3.11. The van der Waals surface area contributed by atoms with E-state index in [9.17, 15) is 0 Å². The molecule has 2 aliphatic rings. The standard InChI is InChI=1S/C15H22/c1-3-14-10-11-15(12(14)2)9-8-13-6-4-5-7-13/h6,8-9,11-12,14H,3-5,7,10H2,1-2H3/b9-8+/t12-,14-/m1/s1. The van der Waals surface area contributed by atoms with Crippen LogP contribution < -0.4 is 0 Å². The molecule has 0 saturated heterocycles. The maximum absolute atomic E-state index is 2.44. The predicted octanol–water partition coefficient (Wildman–Crippen LogP) is 4.65. The van der Waals surface area contributed by atoms with E-state index < -0.39 is 0 Å². The van der Waals surface area contributed by atoms with Crippen LogP contribution in [-0.4, -0.2) is 0 Å². The van der Waals surface area contributed by atoms with E-state index in [1.54, 1.807) is 11.1 Å². The van der Waals surface area contributed by atoms with Gasteiger partial charge in [0.2, 0.25) is 0 Å². The Morgan fingerprint density at radius 3 is 2.80 bits per heavy atom. The Bertz CT molecular complexity index is 304. The van der Waals surface area contributed by atoms with Gasteiger partial charge < -0.3 is 0 Å². The van der Waals surface area contributed by atoms with E-state index in [-0.39, 0.29) is 0 Å². The van der Waals surface area contributed by atoms with Crippen LogP contribution in [0.3, 0.4) is 0 Å². The summed E-state index contributed by atoms with van der Waals surface area (Å²) in [6.07, 6.45) is 16.0. The summed E-state index contributed by atoms with van der Waals surface area (Å²) >= 11 is 0. The maximum atomic E-state index is 2.44. The van der Waals surface area contributed by atoms with E-state index in [1.165, 1.54) is 32.1 Å². The summed E-state index contributed by atoms with van der Waals surface area (Å²) in [5.74, 6) is 1.66. The van der Waals surface area contributed by atoms with Gasteiger partial charge in [0.15, 0.2) is 0 Å². The van der Waals surface area contributed by atoms with Gasteiger partial charge in [0.25, 0.3) is 0 Å². The Hall–Kier alpha value is -0.780. The van der Waals surface area contributed by atoms with E-state index in [1.807, 2.05) is 0 Å². The van der Waals surface area contributed by atoms with Crippen LogP contribution in [0.5, 0.6) is 0 Å². The van der Waals surface area contributed by atoms with E-state index in [2.05, 4.69) is 38.2 Å². The second kappa shape index (κ2) is 4.83. The fourth-order valence-corrected chi connectivity index (χ4v) is 2.74. The first-order chi connectivity index (χ1) is 7.31. The third-order valence-corrected chi connectivity index (χ3v) is 3.98. The molecule has 0 aromatic carbocycles. The molecule has 2 atom stereocenters. The van der Waals surface area contributed by atoms with Crippen molar-refractivity contribution in [1.82, 2.24) is 0 Å². The number of rotatable bonds is 3. The molecule has 0 bridgehead atoms. The van der Waals surface area contributed by atoms with Crippen molar-refractivity contribution in [3.05, 3.63) is 35.5 Å². The molecule has 2 rings (SSSR count). The molecular formula is C15H22. The molecule has 0 aliphatic heterocycles. The highest BCUT2D eigenvalue weighted by atomic mass is 14.3. The molecule has 2 aliphatic carbocycles. The SMILES string of the molecule is CC[C@@H]1CC=C(/C=C/C2=CCCC2)[C@@H]1C. The molecule has 82 valence electrons. The van der Waals surface area contributed by atoms with Crippen LogP contribution in [-0.2, 0) is 0 Å². The van der Waals surface area contributed by atoms with Crippen LogP contribution in [0.4, 0.5) is 0 Å². The fraction of sp³-hybridized carbons (Fsp3) is 0.600. The summed E-state index contributed by atoms with van der Waals surface area (Å²) < 4.78 is 0. The largest absolute Gasteiger partial charge is 0.0813 e. The zero-order valence-electron chi connectivity index (χ0n) is 10.00. The summed E-state index contributed by atoms with van der Waals surface area (Å²) in [6, 6.07) is 0. The molecule has 15 heavy (non-hydrogen) atoms. The van der Waals surface area contributed by atoms with Crippen molar-refractivity contribution in [3.8, 4) is 0 Å². The van der Waals surface area contributed by atoms with Crippen LogP contribution in [0.2, 0.25) is 0 Å². The summed E-state index contributed by atoms with van der Waals surface area (Å²) in [6.45, 7) is 4.68. The lowest BCUT2D eigenvalue weighted by molar-refractivity contribution is 0.430. The average Bonchev–Trinajstić information content (AvgIpc) is 2.85. The van der Waals surface area contributed by atoms with E-state index >= 15 is 0 Å². The molecule has 0 fully saturated rings. The zero-order chi connectivity index (χ0) is 10.7. The van der Waals surface area contributed by atoms with Crippen LogP contribution in [0.1, 0.15) is 46.0 Å². The highest BCUT2D eigenvalue weighted by Gasteiger charge is 2.22. The van der Waals surface area contributed by atoms with Crippen molar-refractivity contribution in [2.24, 2.45) is 11.8 Å². The molecule has 0 aromatic rings. The summed E-state index contributed by atoms with van der Waals surface area (Å²) in [7, 11) is 0. The van der Waals surface area contributed by atoms with Crippen molar-refractivity contribution in [2.75, 3.05) is 0 Å². The summed E-state index contributed by atoms with van der Waals surface area (Å²) in [4.78, 5) is 0. The first-order valence-electron chi connectivity index (χ1n) is 6.38. The van der Waals surface area contributed by atoms with Crippen LogP contribution in [0, 0.1) is 11.8 Å². The Morgan fingerprint density at radius 1 is 1.33 bits per heavy atom. The highest BCUT2D eigenvalue weighted by Crippen LogP contribution is 2.34. The maximum Gasteiger partial charge on any atom is -0.0162 e. The molecule has 0 heteroatoms. The minimum Gasteiger partial charge on any atom is -0.0813 e. The molecule has 0 unspecified atom stereocenters. The van der Waals surface area contributed by atoms with Gasteiger partial charge in [-0.2, -0.15) is 0 Å². The van der Waals surface area contributed by atoms with Gasteiger partial charge in [-0.05, 0) is 43.1 Å². The van der Waals surface area contributed by atoms with Crippen molar-refractivity contribution in [2.45, 2.75) is 46.0 Å². The average molecular weight is 202 g/mol. The number of hydrogen-bond donors (Lipinski definition) is 0. The molecule has 0 N–H and O–H groups in total. The Labute approximate surface area is 93.8 Å². The normalized spacial score (nSPS) is 31.1. The Morgan fingerprint density at radius 2 is 2.20 bits per heavy atom. The number of hydrogen-bond acceptors (Lipinski definition) is 0. The molecule has 0 radical (unpaired) electrons.